The molecule has 0 aliphatic heterocycles. The van der Waals surface area contributed by atoms with E-state index in [0.29, 0.717) is 0 Å². The fourth-order valence-electron chi connectivity index (χ4n) is 3.61. The van der Waals surface area contributed by atoms with Gasteiger partial charge in [-0.2, -0.15) is 10.2 Å². The van der Waals surface area contributed by atoms with E-state index in [4.69, 9.17) is 9.47 Å². The summed E-state index contributed by atoms with van der Waals surface area (Å²) in [7, 11) is -1.64. The third kappa shape index (κ3) is 15.8. The molecule has 3 aromatic heterocycles. The van der Waals surface area contributed by atoms with Crippen LogP contribution in [0.3, 0.4) is 0 Å². The molecule has 0 radical (unpaired) electrons. The number of H-pyrrole nitrogens is 2. The van der Waals surface area contributed by atoms with Crippen LogP contribution in [0.1, 0.15) is 13.8 Å². The summed E-state index contributed by atoms with van der Waals surface area (Å²) in [5.41, 5.74) is 4.45. The lowest BCUT2D eigenvalue weighted by Crippen LogP contribution is -2.21. The number of aromatic nitrogens is 5. The number of nitrogens with zero attached hydrogens (tertiary/aromatic N) is 3. The molecule has 43 heavy (non-hydrogen) atoms. The summed E-state index contributed by atoms with van der Waals surface area (Å²) in [5, 5.41) is 16.0. The van der Waals surface area contributed by atoms with Crippen LogP contribution < -0.4 is 0 Å². The number of rotatable bonds is 9. The lowest BCUT2D eigenvalue weighted by atomic mass is 10.1. The van der Waals surface area contributed by atoms with E-state index in [1.54, 1.807) is 6.20 Å². The van der Waals surface area contributed by atoms with Crippen molar-refractivity contribution in [3.8, 4) is 11.1 Å². The number of benzene rings is 2. The predicted molar refractivity (Wildman–Crippen MR) is 197 cm³/mol. The molecule has 0 aliphatic carbocycles. The van der Waals surface area contributed by atoms with Gasteiger partial charge in [0.1, 0.15) is 0 Å². The van der Waals surface area contributed by atoms with E-state index in [-0.39, 0.29) is 0 Å². The van der Waals surface area contributed by atoms with Crippen LogP contribution in [0.2, 0.25) is 51.4 Å². The largest absolute Gasteiger partial charge is 0.382 e. The third-order valence-electron chi connectivity index (χ3n) is 6.24. The van der Waals surface area contributed by atoms with Gasteiger partial charge in [0.15, 0.2) is 0 Å². The molecule has 0 atom stereocenters. The lowest BCUT2D eigenvalue weighted by Gasteiger charge is -2.14. The van der Waals surface area contributed by atoms with Crippen molar-refractivity contribution in [2.75, 3.05) is 26.4 Å². The molecule has 2 N–H and O–H groups in total. The molecule has 3 heterocycles. The molecule has 0 saturated heterocycles. The van der Waals surface area contributed by atoms with Crippen molar-refractivity contribution in [2.45, 2.75) is 65.2 Å². The Bertz CT molecular complexity index is 1430. The van der Waals surface area contributed by atoms with E-state index < -0.39 is 16.1 Å². The first-order valence-corrected chi connectivity index (χ1v) is 23.5. The number of ether oxygens (including phenoxy) is 2. The average molecular weight is 732 g/mol. The van der Waals surface area contributed by atoms with Gasteiger partial charge in [-0.15, -0.1) is 0 Å². The predicted octanol–water partition coefficient (Wildman–Crippen LogP) is 9.51. The summed E-state index contributed by atoms with van der Waals surface area (Å²) in [6, 6.07) is 19.0. The monoisotopic (exact) mass is 731 g/mol. The van der Waals surface area contributed by atoms with Crippen molar-refractivity contribution in [2.24, 2.45) is 0 Å². The summed E-state index contributed by atoms with van der Waals surface area (Å²) in [6.07, 6.45) is 7.30. The Morgan fingerprint density at radius 3 is 1.70 bits per heavy atom. The Balaban J connectivity index is 0.000000207. The summed E-state index contributed by atoms with van der Waals surface area (Å²) in [6.45, 7) is 22.0. The van der Waals surface area contributed by atoms with Crippen molar-refractivity contribution in [3.05, 3.63) is 76.9 Å². The number of pyridine rings is 1. The van der Waals surface area contributed by atoms with Gasteiger partial charge in [0.05, 0.1) is 23.4 Å². The van der Waals surface area contributed by atoms with Gasteiger partial charge >= 0.3 is 0 Å². The maximum absolute atomic E-state index is 5.24. The molecule has 0 spiro atoms. The summed E-state index contributed by atoms with van der Waals surface area (Å²) >= 11 is 2.28. The van der Waals surface area contributed by atoms with E-state index in [1.165, 1.54) is 21.0 Å². The second-order valence-corrected chi connectivity index (χ2v) is 25.0. The number of hydrogen-bond acceptors (Lipinski definition) is 5. The zero-order chi connectivity index (χ0) is 31.7. The molecule has 0 bridgehead atoms. The third-order valence-corrected chi connectivity index (χ3v) is 10.3. The highest BCUT2D eigenvalue weighted by molar-refractivity contribution is 14.1. The summed E-state index contributed by atoms with van der Waals surface area (Å²) in [4.78, 5) is 4.11. The fraction of sp³-hybridized carbons (Fsp3) is 0.424. The van der Waals surface area contributed by atoms with Crippen LogP contribution in [0.5, 0.6) is 0 Å². The lowest BCUT2D eigenvalue weighted by molar-refractivity contribution is 0.161. The minimum atomic E-state index is -0.819. The molecule has 0 aliphatic rings. The van der Waals surface area contributed by atoms with Gasteiger partial charge in [-0.05, 0) is 90.5 Å². The smallest absolute Gasteiger partial charge is 0.0651 e. The van der Waals surface area contributed by atoms with E-state index in [2.05, 4.69) is 112 Å². The van der Waals surface area contributed by atoms with E-state index in [9.17, 15) is 0 Å². The zero-order valence-corrected chi connectivity index (χ0v) is 31.4. The van der Waals surface area contributed by atoms with E-state index in [0.717, 1.165) is 54.0 Å². The molecule has 0 unspecified atom stereocenters. The van der Waals surface area contributed by atoms with Crippen LogP contribution in [0.4, 0.5) is 0 Å². The zero-order valence-electron chi connectivity index (χ0n) is 27.2. The van der Waals surface area contributed by atoms with Crippen molar-refractivity contribution >= 4 is 60.5 Å². The topological polar surface area (TPSA) is 88.7 Å². The normalized spacial score (nSPS) is 11.2. The van der Waals surface area contributed by atoms with Crippen LogP contribution in [0.25, 0.3) is 32.9 Å². The Kier molecular flexibility index (Phi) is 16.3. The molecular formula is C33H50IN5O2Si2. The molecule has 5 rings (SSSR count). The van der Waals surface area contributed by atoms with Gasteiger partial charge < -0.3 is 9.47 Å². The van der Waals surface area contributed by atoms with Gasteiger partial charge in [-0.1, -0.05) is 51.4 Å². The van der Waals surface area contributed by atoms with E-state index >= 15 is 0 Å². The molecule has 2 aromatic carbocycles. The number of nitrogens with one attached hydrogen (secondary N) is 2. The molecule has 0 fully saturated rings. The number of fused-ring (bicyclic) bond motifs is 2. The summed E-state index contributed by atoms with van der Waals surface area (Å²) in [5.74, 6) is 0. The highest BCUT2D eigenvalue weighted by Gasteiger charge is 2.12. The standard InChI is InChI=1S/C12H9N3.C7H5IN2.2C7H18OSi/c1-2-10(7-13-5-1)9-3-4-12-11(6-9)8-14-15-12;8-6-1-2-7-5(3-6)4-9-10-7;2*1-5-8-6-7-9(2,3)4/h1-8H,(H,14,15);1-4H,(H,9,10);2*5-7H2,1-4H3. The molecule has 5 aromatic rings. The second kappa shape index (κ2) is 19.1. The van der Waals surface area contributed by atoms with Crippen LogP contribution in [-0.4, -0.2) is 68.0 Å². The van der Waals surface area contributed by atoms with E-state index in [1.807, 2.05) is 56.7 Å². The van der Waals surface area contributed by atoms with Crippen LogP contribution in [0.15, 0.2) is 73.3 Å². The van der Waals surface area contributed by atoms with Crippen molar-refractivity contribution in [1.82, 2.24) is 25.4 Å². The Morgan fingerprint density at radius 2 is 1.21 bits per heavy atom. The first-order chi connectivity index (χ1) is 20.4. The van der Waals surface area contributed by atoms with Gasteiger partial charge in [-0.25, -0.2) is 0 Å². The SMILES string of the molecule is CCOCC[Si](C)(C)C.CCOCC[Si](C)(C)C.Ic1ccc2[nH]ncc2c1.c1cncc(-c2ccc3[nH]ncc3c2)c1. The maximum atomic E-state index is 5.24. The Hall–Kier alpha value is -2.39. The summed E-state index contributed by atoms with van der Waals surface area (Å²) < 4.78 is 11.7. The highest BCUT2D eigenvalue weighted by Crippen LogP contribution is 2.22. The molecule has 7 nitrogen and oxygen atoms in total. The number of halogens is 1. The number of hydrogen-bond donors (Lipinski definition) is 2. The molecule has 0 amide bonds. The van der Waals surface area contributed by atoms with Crippen LogP contribution in [0, 0.1) is 3.57 Å². The minimum Gasteiger partial charge on any atom is -0.382 e. The molecule has 234 valence electrons. The minimum absolute atomic E-state index is 0.819. The van der Waals surface area contributed by atoms with Gasteiger partial charge in [-0.3, -0.25) is 15.2 Å². The van der Waals surface area contributed by atoms with Crippen LogP contribution >= 0.6 is 22.6 Å². The molecular weight excluding hydrogens is 681 g/mol. The fourth-order valence-corrected chi connectivity index (χ4v) is 5.64. The maximum Gasteiger partial charge on any atom is 0.0651 e. The van der Waals surface area contributed by atoms with Crippen molar-refractivity contribution in [3.63, 3.8) is 0 Å². The van der Waals surface area contributed by atoms with Crippen LogP contribution in [-0.2, 0) is 9.47 Å². The van der Waals surface area contributed by atoms with Gasteiger partial charge in [0.2, 0.25) is 0 Å². The van der Waals surface area contributed by atoms with Crippen molar-refractivity contribution < 1.29 is 9.47 Å². The second-order valence-electron chi connectivity index (χ2n) is 12.5. The first kappa shape index (κ1) is 36.8. The average Bonchev–Trinajstić information content (AvgIpc) is 3.62. The number of aromatic amines is 2. The molecule has 10 heteroatoms. The van der Waals surface area contributed by atoms with Gasteiger partial charge in [0.25, 0.3) is 0 Å². The molecule has 0 saturated carbocycles. The van der Waals surface area contributed by atoms with Gasteiger partial charge in [0, 0.05) is 74.9 Å². The Labute approximate surface area is 273 Å². The first-order valence-electron chi connectivity index (χ1n) is 15.0. The highest BCUT2D eigenvalue weighted by atomic mass is 127. The van der Waals surface area contributed by atoms with Crippen molar-refractivity contribution in [1.29, 1.82) is 0 Å². The quantitative estimate of drug-likeness (QED) is 0.0896. The Morgan fingerprint density at radius 1 is 0.674 bits per heavy atom.